The highest BCUT2D eigenvalue weighted by atomic mass is 32.1. The number of methoxy groups -OCH3 is 1. The Morgan fingerprint density at radius 2 is 2.29 bits per heavy atom. The molecule has 1 aromatic rings. The third-order valence-electron chi connectivity index (χ3n) is 2.59. The van der Waals surface area contributed by atoms with Crippen molar-refractivity contribution in [1.82, 2.24) is 0 Å². The lowest BCUT2D eigenvalue weighted by Crippen LogP contribution is -2.02. The van der Waals surface area contributed by atoms with Gasteiger partial charge >= 0.3 is 5.97 Å². The van der Waals surface area contributed by atoms with Gasteiger partial charge in [-0.2, -0.15) is 0 Å². The molecule has 0 N–H and O–H groups in total. The molecule has 1 aliphatic rings. The molecule has 1 aromatic heterocycles. The summed E-state index contributed by atoms with van der Waals surface area (Å²) in [5.41, 5.74) is 1.46. The van der Waals surface area contributed by atoms with E-state index < -0.39 is 0 Å². The van der Waals surface area contributed by atoms with E-state index in [2.05, 4.69) is 10.8 Å². The molecule has 0 radical (unpaired) electrons. The molecule has 76 valence electrons. The maximum Gasteiger partial charge on any atom is 0.310 e. The molecule has 0 amide bonds. The van der Waals surface area contributed by atoms with Gasteiger partial charge in [0.1, 0.15) is 0 Å². The number of fused-ring (bicyclic) bond motifs is 1. The lowest BCUT2D eigenvalue weighted by molar-refractivity contribution is -0.139. The predicted octanol–water partition coefficient (Wildman–Crippen LogP) is 2.34. The SMILES string of the molecule is COC(=O)Cc1cc2c(s1)CCCC2. The zero-order valence-electron chi connectivity index (χ0n) is 8.34. The number of aryl methyl sites for hydroxylation is 2. The predicted molar refractivity (Wildman–Crippen MR) is 56.7 cm³/mol. The van der Waals surface area contributed by atoms with Gasteiger partial charge in [-0.05, 0) is 37.3 Å². The molecule has 0 fully saturated rings. The molecule has 0 aromatic carbocycles. The second kappa shape index (κ2) is 4.13. The van der Waals surface area contributed by atoms with Crippen LogP contribution in [0.5, 0.6) is 0 Å². The van der Waals surface area contributed by atoms with Crippen LogP contribution in [0.25, 0.3) is 0 Å². The van der Waals surface area contributed by atoms with Gasteiger partial charge in [0.25, 0.3) is 0 Å². The molecule has 2 nitrogen and oxygen atoms in total. The number of hydrogen-bond donors (Lipinski definition) is 0. The normalized spacial score (nSPS) is 14.9. The molecule has 0 aliphatic heterocycles. The second-order valence-electron chi connectivity index (χ2n) is 3.62. The van der Waals surface area contributed by atoms with Crippen molar-refractivity contribution in [2.75, 3.05) is 7.11 Å². The fraction of sp³-hybridized carbons (Fsp3) is 0.545. The van der Waals surface area contributed by atoms with Crippen LogP contribution in [-0.4, -0.2) is 13.1 Å². The van der Waals surface area contributed by atoms with Crippen LogP contribution < -0.4 is 0 Å². The molecular weight excluding hydrogens is 196 g/mol. The highest BCUT2D eigenvalue weighted by Gasteiger charge is 2.14. The van der Waals surface area contributed by atoms with Gasteiger partial charge in [-0.1, -0.05) is 0 Å². The Bertz CT molecular complexity index is 318. The molecule has 0 saturated carbocycles. The van der Waals surface area contributed by atoms with Crippen molar-refractivity contribution in [3.8, 4) is 0 Å². The first-order chi connectivity index (χ1) is 6.79. The number of carbonyl (C=O) groups is 1. The number of rotatable bonds is 2. The molecule has 0 atom stereocenters. The topological polar surface area (TPSA) is 26.3 Å². The van der Waals surface area contributed by atoms with Gasteiger partial charge in [-0.25, -0.2) is 0 Å². The Kier molecular flexibility index (Phi) is 2.87. The summed E-state index contributed by atoms with van der Waals surface area (Å²) in [5.74, 6) is -0.136. The molecular formula is C11H14O2S. The Morgan fingerprint density at radius 3 is 3.00 bits per heavy atom. The van der Waals surface area contributed by atoms with Gasteiger partial charge in [-0.3, -0.25) is 4.79 Å². The standard InChI is InChI=1S/C11H14O2S/c1-13-11(12)7-9-6-8-4-2-3-5-10(8)14-9/h6H,2-5,7H2,1H3. The second-order valence-corrected chi connectivity index (χ2v) is 4.84. The van der Waals surface area contributed by atoms with Crippen molar-refractivity contribution in [2.45, 2.75) is 32.1 Å². The highest BCUT2D eigenvalue weighted by molar-refractivity contribution is 7.12. The number of carbonyl (C=O) groups excluding carboxylic acids is 1. The zero-order valence-corrected chi connectivity index (χ0v) is 9.15. The van der Waals surface area contributed by atoms with E-state index in [0.717, 1.165) is 4.88 Å². The van der Waals surface area contributed by atoms with Crippen molar-refractivity contribution < 1.29 is 9.53 Å². The molecule has 0 unspecified atom stereocenters. The van der Waals surface area contributed by atoms with Crippen molar-refractivity contribution in [1.29, 1.82) is 0 Å². The Balaban J connectivity index is 2.12. The quantitative estimate of drug-likeness (QED) is 0.700. The van der Waals surface area contributed by atoms with Crippen molar-refractivity contribution >= 4 is 17.3 Å². The first kappa shape index (κ1) is 9.71. The summed E-state index contributed by atoms with van der Waals surface area (Å²) in [4.78, 5) is 13.7. The molecule has 0 bridgehead atoms. The summed E-state index contributed by atoms with van der Waals surface area (Å²) in [6.45, 7) is 0. The summed E-state index contributed by atoms with van der Waals surface area (Å²) in [7, 11) is 1.44. The fourth-order valence-corrected chi connectivity index (χ4v) is 3.10. The van der Waals surface area contributed by atoms with Crippen molar-refractivity contribution in [3.63, 3.8) is 0 Å². The average molecular weight is 210 g/mol. The summed E-state index contributed by atoms with van der Waals surface area (Å²) < 4.78 is 4.65. The van der Waals surface area contributed by atoms with Crippen LogP contribution in [0.1, 0.15) is 28.2 Å². The smallest absolute Gasteiger partial charge is 0.310 e. The third-order valence-corrected chi connectivity index (χ3v) is 3.83. The van der Waals surface area contributed by atoms with Gasteiger partial charge in [0.15, 0.2) is 0 Å². The van der Waals surface area contributed by atoms with Crippen LogP contribution in [0, 0.1) is 0 Å². The monoisotopic (exact) mass is 210 g/mol. The third kappa shape index (κ3) is 1.98. The van der Waals surface area contributed by atoms with Crippen molar-refractivity contribution in [3.05, 3.63) is 21.4 Å². The van der Waals surface area contributed by atoms with Gasteiger partial charge in [-0.15, -0.1) is 11.3 Å². The Labute approximate surface area is 87.9 Å². The van der Waals surface area contributed by atoms with E-state index in [4.69, 9.17) is 0 Å². The van der Waals surface area contributed by atoms with E-state index in [0.29, 0.717) is 6.42 Å². The minimum Gasteiger partial charge on any atom is -0.469 e. The molecule has 0 spiro atoms. The van der Waals surface area contributed by atoms with E-state index in [1.807, 2.05) is 0 Å². The van der Waals surface area contributed by atoms with Gasteiger partial charge in [0.2, 0.25) is 0 Å². The van der Waals surface area contributed by atoms with Gasteiger partial charge in [0, 0.05) is 9.75 Å². The number of ether oxygens (including phenoxy) is 1. The molecule has 14 heavy (non-hydrogen) atoms. The van der Waals surface area contributed by atoms with Gasteiger partial charge < -0.3 is 4.74 Å². The van der Waals surface area contributed by atoms with Crippen LogP contribution in [0.4, 0.5) is 0 Å². The van der Waals surface area contributed by atoms with Crippen molar-refractivity contribution in [2.24, 2.45) is 0 Å². The lowest BCUT2D eigenvalue weighted by Gasteiger charge is -2.08. The van der Waals surface area contributed by atoms with Crippen LogP contribution in [0.3, 0.4) is 0 Å². The maximum absolute atomic E-state index is 11.1. The summed E-state index contributed by atoms with van der Waals surface area (Å²) in [5, 5.41) is 0. The average Bonchev–Trinajstić information content (AvgIpc) is 2.59. The molecule has 1 aliphatic carbocycles. The summed E-state index contributed by atoms with van der Waals surface area (Å²) >= 11 is 1.78. The minimum absolute atomic E-state index is 0.136. The zero-order chi connectivity index (χ0) is 9.97. The molecule has 3 heteroatoms. The van der Waals surface area contributed by atoms with Crippen LogP contribution in [0.15, 0.2) is 6.07 Å². The molecule has 0 saturated heterocycles. The lowest BCUT2D eigenvalue weighted by atomic mass is 9.99. The number of thiophene rings is 1. The minimum atomic E-state index is -0.136. The first-order valence-electron chi connectivity index (χ1n) is 4.97. The summed E-state index contributed by atoms with van der Waals surface area (Å²) in [6.07, 6.45) is 5.41. The largest absolute Gasteiger partial charge is 0.469 e. The van der Waals surface area contributed by atoms with Crippen LogP contribution in [0.2, 0.25) is 0 Å². The molecule has 2 rings (SSSR count). The number of esters is 1. The Morgan fingerprint density at radius 1 is 1.50 bits per heavy atom. The van der Waals surface area contributed by atoms with E-state index in [1.54, 1.807) is 11.3 Å². The van der Waals surface area contributed by atoms with E-state index in [9.17, 15) is 4.79 Å². The highest BCUT2D eigenvalue weighted by Crippen LogP contribution is 2.29. The molecule has 1 heterocycles. The fourth-order valence-electron chi connectivity index (χ4n) is 1.85. The van der Waals surface area contributed by atoms with Crippen LogP contribution >= 0.6 is 11.3 Å². The van der Waals surface area contributed by atoms with Gasteiger partial charge in [0.05, 0.1) is 13.5 Å². The van der Waals surface area contributed by atoms with E-state index in [1.165, 1.54) is 43.2 Å². The van der Waals surface area contributed by atoms with Crippen LogP contribution in [-0.2, 0) is 28.8 Å². The Hall–Kier alpha value is -0.830. The summed E-state index contributed by atoms with van der Waals surface area (Å²) in [6, 6.07) is 2.18. The van der Waals surface area contributed by atoms with E-state index >= 15 is 0 Å². The maximum atomic E-state index is 11.1. The van der Waals surface area contributed by atoms with E-state index in [-0.39, 0.29) is 5.97 Å². The first-order valence-corrected chi connectivity index (χ1v) is 5.78. The number of hydrogen-bond acceptors (Lipinski definition) is 3.